The van der Waals surface area contributed by atoms with Gasteiger partial charge in [-0.2, -0.15) is 0 Å². The molecule has 1 heteroatoms. The zero-order valence-electron chi connectivity index (χ0n) is 11.2. The second kappa shape index (κ2) is 5.93. The smallest absolute Gasteiger partial charge is 0.122 e. The monoisotopic (exact) mass is 220 g/mol. The zero-order chi connectivity index (χ0) is 12.1. The highest BCUT2D eigenvalue weighted by molar-refractivity contribution is 5.37. The van der Waals surface area contributed by atoms with Gasteiger partial charge in [0.1, 0.15) is 5.75 Å². The van der Waals surface area contributed by atoms with Gasteiger partial charge < -0.3 is 4.74 Å². The molecular formula is C15H24O. The molecule has 1 rings (SSSR count). The minimum Gasteiger partial charge on any atom is -0.493 e. The van der Waals surface area contributed by atoms with Crippen LogP contribution in [0.25, 0.3) is 0 Å². The van der Waals surface area contributed by atoms with Crippen LogP contribution >= 0.6 is 0 Å². The number of benzene rings is 1. The van der Waals surface area contributed by atoms with Crippen LogP contribution in [0, 0.1) is 12.8 Å². The number of aryl methyl sites for hydroxylation is 1. The molecule has 0 saturated heterocycles. The molecule has 0 aromatic heterocycles. The van der Waals surface area contributed by atoms with E-state index in [2.05, 4.69) is 52.8 Å². The molecule has 0 heterocycles. The van der Waals surface area contributed by atoms with Crippen LogP contribution in [-0.4, -0.2) is 6.61 Å². The molecule has 0 aliphatic heterocycles. The summed E-state index contributed by atoms with van der Waals surface area (Å²) in [6.07, 6.45) is 1.12. The van der Waals surface area contributed by atoms with E-state index in [0.29, 0.717) is 11.8 Å². The molecule has 90 valence electrons. The van der Waals surface area contributed by atoms with Gasteiger partial charge in [0.05, 0.1) is 6.61 Å². The summed E-state index contributed by atoms with van der Waals surface area (Å²) >= 11 is 0. The quantitative estimate of drug-likeness (QED) is 0.707. The highest BCUT2D eigenvalue weighted by atomic mass is 16.5. The van der Waals surface area contributed by atoms with Crippen LogP contribution in [0.2, 0.25) is 0 Å². The predicted octanol–water partition coefficient (Wildman–Crippen LogP) is 4.54. The molecule has 0 amide bonds. The van der Waals surface area contributed by atoms with Gasteiger partial charge in [-0.15, -0.1) is 0 Å². The van der Waals surface area contributed by atoms with Gasteiger partial charge >= 0.3 is 0 Å². The van der Waals surface area contributed by atoms with Crippen LogP contribution in [0.15, 0.2) is 18.2 Å². The van der Waals surface area contributed by atoms with Crippen molar-refractivity contribution in [3.8, 4) is 5.75 Å². The van der Waals surface area contributed by atoms with E-state index >= 15 is 0 Å². The normalized spacial score (nSPS) is 11.2. The molecule has 16 heavy (non-hydrogen) atoms. The second-order valence-electron chi connectivity index (χ2n) is 5.21. The van der Waals surface area contributed by atoms with E-state index < -0.39 is 0 Å². The van der Waals surface area contributed by atoms with E-state index in [1.807, 2.05) is 0 Å². The van der Waals surface area contributed by atoms with Gasteiger partial charge in [0.15, 0.2) is 0 Å². The Morgan fingerprint density at radius 1 is 1.12 bits per heavy atom. The lowest BCUT2D eigenvalue weighted by molar-refractivity contribution is 0.287. The maximum absolute atomic E-state index is 5.78. The summed E-state index contributed by atoms with van der Waals surface area (Å²) in [5.74, 6) is 2.32. The van der Waals surface area contributed by atoms with Crippen molar-refractivity contribution in [2.24, 2.45) is 5.92 Å². The fraction of sp³-hybridized carbons (Fsp3) is 0.600. The highest BCUT2D eigenvalue weighted by Gasteiger charge is 2.04. The van der Waals surface area contributed by atoms with Gasteiger partial charge in [0, 0.05) is 0 Å². The average molecular weight is 220 g/mol. The Balaban J connectivity index is 2.61. The number of ether oxygens (including phenoxy) is 1. The standard InChI is InChI=1S/C15H24O/c1-11(2)8-9-16-15-7-6-14(12(3)4)10-13(15)5/h6-7,10-12H,8-9H2,1-5H3. The Morgan fingerprint density at radius 3 is 2.31 bits per heavy atom. The van der Waals surface area contributed by atoms with Crippen molar-refractivity contribution in [1.82, 2.24) is 0 Å². The van der Waals surface area contributed by atoms with Gasteiger partial charge in [-0.1, -0.05) is 39.8 Å². The predicted molar refractivity (Wildman–Crippen MR) is 70.2 cm³/mol. The molecule has 0 aliphatic rings. The first-order valence-electron chi connectivity index (χ1n) is 6.24. The van der Waals surface area contributed by atoms with Gasteiger partial charge in [0.2, 0.25) is 0 Å². The van der Waals surface area contributed by atoms with Gasteiger partial charge in [-0.05, 0) is 42.4 Å². The molecule has 0 atom stereocenters. The molecular weight excluding hydrogens is 196 g/mol. The van der Waals surface area contributed by atoms with Crippen molar-refractivity contribution < 1.29 is 4.74 Å². The fourth-order valence-electron chi connectivity index (χ4n) is 1.60. The van der Waals surface area contributed by atoms with Crippen molar-refractivity contribution in [2.45, 2.75) is 47.0 Å². The first-order valence-corrected chi connectivity index (χ1v) is 6.24. The lowest BCUT2D eigenvalue weighted by Gasteiger charge is -2.13. The van der Waals surface area contributed by atoms with E-state index in [4.69, 9.17) is 4.74 Å². The average Bonchev–Trinajstić information content (AvgIpc) is 2.19. The molecule has 0 saturated carbocycles. The Kier molecular flexibility index (Phi) is 4.85. The van der Waals surface area contributed by atoms with E-state index in [-0.39, 0.29) is 0 Å². The summed E-state index contributed by atoms with van der Waals surface area (Å²) in [5, 5.41) is 0. The molecule has 0 N–H and O–H groups in total. The Bertz CT molecular complexity index is 326. The summed E-state index contributed by atoms with van der Waals surface area (Å²) in [6.45, 7) is 11.8. The van der Waals surface area contributed by atoms with Crippen molar-refractivity contribution in [2.75, 3.05) is 6.61 Å². The number of rotatable bonds is 5. The first-order chi connectivity index (χ1) is 7.50. The molecule has 0 fully saturated rings. The lowest BCUT2D eigenvalue weighted by Crippen LogP contribution is -2.02. The van der Waals surface area contributed by atoms with Crippen LogP contribution in [-0.2, 0) is 0 Å². The molecule has 0 spiro atoms. The fourth-order valence-corrected chi connectivity index (χ4v) is 1.60. The third-order valence-electron chi connectivity index (χ3n) is 2.82. The molecule has 1 aromatic carbocycles. The van der Waals surface area contributed by atoms with Crippen LogP contribution in [0.4, 0.5) is 0 Å². The lowest BCUT2D eigenvalue weighted by atomic mass is 10.0. The molecule has 0 unspecified atom stereocenters. The summed E-state index contributed by atoms with van der Waals surface area (Å²) < 4.78 is 5.78. The molecule has 0 bridgehead atoms. The van der Waals surface area contributed by atoms with Crippen molar-refractivity contribution >= 4 is 0 Å². The molecule has 0 radical (unpaired) electrons. The van der Waals surface area contributed by atoms with Crippen molar-refractivity contribution in [3.05, 3.63) is 29.3 Å². The second-order valence-corrected chi connectivity index (χ2v) is 5.21. The molecule has 1 aromatic rings. The molecule has 1 nitrogen and oxygen atoms in total. The molecule has 0 aliphatic carbocycles. The van der Waals surface area contributed by atoms with Gasteiger partial charge in [0.25, 0.3) is 0 Å². The third-order valence-corrected chi connectivity index (χ3v) is 2.82. The van der Waals surface area contributed by atoms with Crippen LogP contribution in [0.1, 0.15) is 51.2 Å². The minimum absolute atomic E-state index is 0.586. The number of hydrogen-bond donors (Lipinski definition) is 0. The Morgan fingerprint density at radius 2 is 1.81 bits per heavy atom. The Hall–Kier alpha value is -0.980. The largest absolute Gasteiger partial charge is 0.493 e. The first kappa shape index (κ1) is 13.1. The maximum atomic E-state index is 5.78. The van der Waals surface area contributed by atoms with Crippen molar-refractivity contribution in [1.29, 1.82) is 0 Å². The van der Waals surface area contributed by atoms with Crippen LogP contribution in [0.3, 0.4) is 0 Å². The topological polar surface area (TPSA) is 9.23 Å². The van der Waals surface area contributed by atoms with Gasteiger partial charge in [-0.3, -0.25) is 0 Å². The maximum Gasteiger partial charge on any atom is 0.122 e. The zero-order valence-corrected chi connectivity index (χ0v) is 11.2. The van der Waals surface area contributed by atoms with E-state index in [1.54, 1.807) is 0 Å². The van der Waals surface area contributed by atoms with E-state index in [1.165, 1.54) is 11.1 Å². The number of hydrogen-bond acceptors (Lipinski definition) is 1. The van der Waals surface area contributed by atoms with Crippen LogP contribution < -0.4 is 4.74 Å². The van der Waals surface area contributed by atoms with Crippen molar-refractivity contribution in [3.63, 3.8) is 0 Å². The third kappa shape index (κ3) is 3.88. The summed E-state index contributed by atoms with van der Waals surface area (Å²) in [7, 11) is 0. The highest BCUT2D eigenvalue weighted by Crippen LogP contribution is 2.23. The SMILES string of the molecule is Cc1cc(C(C)C)ccc1OCCC(C)C. The van der Waals surface area contributed by atoms with E-state index in [9.17, 15) is 0 Å². The van der Waals surface area contributed by atoms with Gasteiger partial charge in [-0.25, -0.2) is 0 Å². The van der Waals surface area contributed by atoms with E-state index in [0.717, 1.165) is 18.8 Å². The summed E-state index contributed by atoms with van der Waals surface area (Å²) in [4.78, 5) is 0. The van der Waals surface area contributed by atoms with Crippen LogP contribution in [0.5, 0.6) is 5.75 Å². The minimum atomic E-state index is 0.586. The Labute approximate surface area is 99.8 Å². The summed E-state index contributed by atoms with van der Waals surface area (Å²) in [5.41, 5.74) is 2.63. The summed E-state index contributed by atoms with van der Waals surface area (Å²) in [6, 6.07) is 6.50.